The topological polar surface area (TPSA) is 26.0 Å². The van der Waals surface area contributed by atoms with Gasteiger partial charge in [-0.15, -0.1) is 0 Å². The monoisotopic (exact) mass is 125 g/mol. The van der Waals surface area contributed by atoms with Crippen LogP contribution in [0.15, 0.2) is 0 Å². The van der Waals surface area contributed by atoms with Crippen molar-refractivity contribution in [3.8, 4) is 0 Å². The highest BCUT2D eigenvalue weighted by Gasteiger charge is 2.35. The van der Waals surface area contributed by atoms with Crippen molar-refractivity contribution in [3.05, 3.63) is 0 Å². The molecule has 0 bridgehead atoms. The molecule has 2 aliphatic carbocycles. The summed E-state index contributed by atoms with van der Waals surface area (Å²) in [4.78, 5) is 0. The van der Waals surface area contributed by atoms with Gasteiger partial charge in [0.15, 0.2) is 0 Å². The molecule has 9 heavy (non-hydrogen) atoms. The van der Waals surface area contributed by atoms with E-state index in [1.807, 2.05) is 0 Å². The Hall–Kier alpha value is -0.0400. The van der Waals surface area contributed by atoms with Gasteiger partial charge in [0.1, 0.15) is 0 Å². The lowest BCUT2D eigenvalue weighted by Crippen LogP contribution is -2.41. The third-order valence-corrected chi connectivity index (χ3v) is 3.03. The Bertz CT molecular complexity index is 101. The van der Waals surface area contributed by atoms with Crippen molar-refractivity contribution < 1.29 is 0 Å². The van der Waals surface area contributed by atoms with Crippen molar-refractivity contribution in [1.82, 2.24) is 0 Å². The maximum absolute atomic E-state index is 5.69. The Morgan fingerprint density at radius 1 is 1.00 bits per heavy atom. The summed E-state index contributed by atoms with van der Waals surface area (Å²) in [6, 6.07) is 0.565. The molecule has 0 spiro atoms. The van der Waals surface area contributed by atoms with Gasteiger partial charge in [-0.1, -0.05) is 19.3 Å². The van der Waals surface area contributed by atoms with Crippen molar-refractivity contribution >= 4 is 0 Å². The summed E-state index contributed by atoms with van der Waals surface area (Å²) in [6.07, 6.45) is 7.13. The van der Waals surface area contributed by atoms with Crippen molar-refractivity contribution in [2.45, 2.75) is 38.1 Å². The van der Waals surface area contributed by atoms with Gasteiger partial charge >= 0.3 is 0 Å². The van der Waals surface area contributed by atoms with Crippen LogP contribution in [0.3, 0.4) is 0 Å². The molecule has 0 heterocycles. The molecule has 2 N–H and O–H groups in total. The summed E-state index contributed by atoms with van der Waals surface area (Å²) in [6.45, 7) is 0. The molecular formula is C8H15N. The molecule has 2 saturated carbocycles. The van der Waals surface area contributed by atoms with Crippen LogP contribution in [0.1, 0.15) is 32.1 Å². The van der Waals surface area contributed by atoms with Crippen LogP contribution in [0.25, 0.3) is 0 Å². The summed E-state index contributed by atoms with van der Waals surface area (Å²) < 4.78 is 0. The molecule has 52 valence electrons. The normalized spacial score (nSPS) is 43.7. The Kier molecular flexibility index (Phi) is 1.26. The fourth-order valence-electron chi connectivity index (χ4n) is 2.00. The molecule has 0 saturated heterocycles. The molecule has 1 heteroatoms. The molecule has 0 atom stereocenters. The predicted molar refractivity (Wildman–Crippen MR) is 38.0 cm³/mol. The van der Waals surface area contributed by atoms with Crippen molar-refractivity contribution in [3.63, 3.8) is 0 Å². The first kappa shape index (κ1) is 5.72. The molecular weight excluding hydrogens is 110 g/mol. The quantitative estimate of drug-likeness (QED) is 0.565. The number of hydrogen-bond donors (Lipinski definition) is 1. The Morgan fingerprint density at radius 3 is 2.00 bits per heavy atom. The molecule has 0 aliphatic heterocycles. The van der Waals surface area contributed by atoms with Gasteiger partial charge in [-0.05, 0) is 24.7 Å². The van der Waals surface area contributed by atoms with Crippen LogP contribution in [-0.4, -0.2) is 6.04 Å². The summed E-state index contributed by atoms with van der Waals surface area (Å²) in [5, 5.41) is 0. The lowest BCUT2D eigenvalue weighted by molar-refractivity contribution is 0.110. The van der Waals surface area contributed by atoms with E-state index in [1.54, 1.807) is 0 Å². The highest BCUT2D eigenvalue weighted by Crippen LogP contribution is 2.42. The van der Waals surface area contributed by atoms with Crippen LogP contribution in [0.5, 0.6) is 0 Å². The largest absolute Gasteiger partial charge is 0.328 e. The van der Waals surface area contributed by atoms with E-state index in [2.05, 4.69) is 0 Å². The molecule has 2 aliphatic rings. The van der Waals surface area contributed by atoms with Crippen LogP contribution in [0.2, 0.25) is 0 Å². The first-order valence-electron chi connectivity index (χ1n) is 4.12. The molecule has 1 nitrogen and oxygen atoms in total. The molecule has 0 aromatic carbocycles. The minimum absolute atomic E-state index is 0.565. The number of rotatable bonds is 1. The van der Waals surface area contributed by atoms with E-state index >= 15 is 0 Å². The van der Waals surface area contributed by atoms with Gasteiger partial charge < -0.3 is 5.73 Å². The molecule has 0 amide bonds. The van der Waals surface area contributed by atoms with Crippen molar-refractivity contribution in [2.75, 3.05) is 0 Å². The van der Waals surface area contributed by atoms with E-state index in [0.717, 1.165) is 11.8 Å². The molecule has 0 aromatic rings. The summed E-state index contributed by atoms with van der Waals surface area (Å²) >= 11 is 0. The van der Waals surface area contributed by atoms with Gasteiger partial charge in [-0.25, -0.2) is 0 Å². The van der Waals surface area contributed by atoms with Gasteiger partial charge in [0.25, 0.3) is 0 Å². The van der Waals surface area contributed by atoms with E-state index in [-0.39, 0.29) is 0 Å². The second-order valence-corrected chi connectivity index (χ2v) is 3.68. The third-order valence-electron chi connectivity index (χ3n) is 3.03. The van der Waals surface area contributed by atoms with Crippen LogP contribution in [0.4, 0.5) is 0 Å². The summed E-state index contributed by atoms with van der Waals surface area (Å²) in [5.74, 6) is 2.12. The van der Waals surface area contributed by atoms with Crippen LogP contribution in [-0.2, 0) is 0 Å². The Morgan fingerprint density at radius 2 is 1.67 bits per heavy atom. The third kappa shape index (κ3) is 0.877. The highest BCUT2D eigenvalue weighted by atomic mass is 14.7. The zero-order valence-electron chi connectivity index (χ0n) is 5.84. The average molecular weight is 125 g/mol. The second kappa shape index (κ2) is 1.98. The maximum Gasteiger partial charge on any atom is 0.00443 e. The van der Waals surface area contributed by atoms with E-state index in [4.69, 9.17) is 5.73 Å². The zero-order valence-corrected chi connectivity index (χ0v) is 5.84. The van der Waals surface area contributed by atoms with E-state index < -0.39 is 0 Å². The van der Waals surface area contributed by atoms with Crippen molar-refractivity contribution in [2.24, 2.45) is 17.6 Å². The highest BCUT2D eigenvalue weighted by molar-refractivity contribution is 4.89. The number of hydrogen-bond acceptors (Lipinski definition) is 1. The maximum atomic E-state index is 5.69. The predicted octanol–water partition coefficient (Wildman–Crippen LogP) is 1.52. The fraction of sp³-hybridized carbons (Fsp3) is 1.00. The van der Waals surface area contributed by atoms with Crippen LogP contribution >= 0.6 is 0 Å². The van der Waals surface area contributed by atoms with Crippen LogP contribution in [0, 0.1) is 11.8 Å². The fourth-order valence-corrected chi connectivity index (χ4v) is 2.00. The lowest BCUT2D eigenvalue weighted by atomic mass is 9.65. The summed E-state index contributed by atoms with van der Waals surface area (Å²) in [5.41, 5.74) is 5.69. The lowest BCUT2D eigenvalue weighted by Gasteiger charge is -2.42. The van der Waals surface area contributed by atoms with Crippen LogP contribution < -0.4 is 5.73 Å². The Labute approximate surface area is 56.6 Å². The minimum Gasteiger partial charge on any atom is -0.328 e. The van der Waals surface area contributed by atoms with Gasteiger partial charge in [-0.3, -0.25) is 0 Å². The molecule has 0 aromatic heterocycles. The number of nitrogens with two attached hydrogens (primary N) is 1. The molecule has 2 fully saturated rings. The van der Waals surface area contributed by atoms with E-state index in [9.17, 15) is 0 Å². The van der Waals surface area contributed by atoms with Gasteiger partial charge in [0, 0.05) is 6.04 Å². The van der Waals surface area contributed by atoms with E-state index in [1.165, 1.54) is 32.1 Å². The Balaban J connectivity index is 1.75. The van der Waals surface area contributed by atoms with E-state index in [0.29, 0.717) is 6.04 Å². The molecule has 0 radical (unpaired) electrons. The SMILES string of the molecule is NC1CC(C2CCC2)C1. The molecule has 0 unspecified atom stereocenters. The van der Waals surface area contributed by atoms with Crippen molar-refractivity contribution in [1.29, 1.82) is 0 Å². The molecule has 2 rings (SSSR count). The van der Waals surface area contributed by atoms with Gasteiger partial charge in [0.05, 0.1) is 0 Å². The minimum atomic E-state index is 0.565. The first-order valence-corrected chi connectivity index (χ1v) is 4.12. The smallest absolute Gasteiger partial charge is 0.00443 e. The standard InChI is InChI=1S/C8H15N/c9-8-4-7(5-8)6-2-1-3-6/h6-8H,1-5,9H2. The van der Waals surface area contributed by atoms with Gasteiger partial charge in [-0.2, -0.15) is 0 Å². The zero-order chi connectivity index (χ0) is 6.27. The first-order chi connectivity index (χ1) is 4.36. The van der Waals surface area contributed by atoms with Gasteiger partial charge in [0.2, 0.25) is 0 Å². The second-order valence-electron chi connectivity index (χ2n) is 3.68. The summed E-state index contributed by atoms with van der Waals surface area (Å²) in [7, 11) is 0. The average Bonchev–Trinajstić information content (AvgIpc) is 1.57.